The zero-order valence-corrected chi connectivity index (χ0v) is 9.03. The van der Waals surface area contributed by atoms with Crippen LogP contribution in [0.2, 0.25) is 0 Å². The average molecular weight is 220 g/mol. The molecule has 0 saturated heterocycles. The number of aryl methyl sites for hydroxylation is 1. The quantitative estimate of drug-likeness (QED) is 0.803. The molecule has 0 aliphatic carbocycles. The summed E-state index contributed by atoms with van der Waals surface area (Å²) in [5.41, 5.74) is 1.38. The summed E-state index contributed by atoms with van der Waals surface area (Å²) in [7, 11) is 0. The molecule has 0 bridgehead atoms. The lowest BCUT2D eigenvalue weighted by Gasteiger charge is -2.04. The average Bonchev–Trinajstić information content (AvgIpc) is 2.57. The first-order valence-corrected chi connectivity index (χ1v) is 5.11. The van der Waals surface area contributed by atoms with Crippen LogP contribution in [0.3, 0.4) is 0 Å². The molecule has 0 saturated carbocycles. The number of halogens is 1. The summed E-state index contributed by atoms with van der Waals surface area (Å²) in [5, 5.41) is 10.5. The molecule has 1 N–H and O–H groups in total. The molecule has 2 nitrogen and oxygen atoms in total. The van der Waals surface area contributed by atoms with Crippen molar-refractivity contribution in [1.29, 1.82) is 0 Å². The SMILES string of the molecule is C=CCC(O)c1oc2ccc(F)cc2c1C. The predicted molar refractivity (Wildman–Crippen MR) is 60.7 cm³/mol. The summed E-state index contributed by atoms with van der Waals surface area (Å²) in [6, 6.07) is 4.33. The number of fused-ring (bicyclic) bond motifs is 1. The van der Waals surface area contributed by atoms with Crippen molar-refractivity contribution in [1.82, 2.24) is 0 Å². The van der Waals surface area contributed by atoms with Crippen molar-refractivity contribution in [2.45, 2.75) is 19.4 Å². The number of aliphatic hydroxyl groups excluding tert-OH is 1. The van der Waals surface area contributed by atoms with Crippen molar-refractivity contribution in [3.05, 3.63) is 48.0 Å². The van der Waals surface area contributed by atoms with Gasteiger partial charge in [0.15, 0.2) is 0 Å². The molecule has 2 rings (SSSR count). The van der Waals surface area contributed by atoms with Crippen molar-refractivity contribution in [3.8, 4) is 0 Å². The fraction of sp³-hybridized carbons (Fsp3) is 0.231. The molecule has 2 aromatic rings. The van der Waals surface area contributed by atoms with E-state index in [-0.39, 0.29) is 5.82 Å². The largest absolute Gasteiger partial charge is 0.458 e. The second-order valence-corrected chi connectivity index (χ2v) is 3.77. The maximum atomic E-state index is 13.1. The summed E-state index contributed by atoms with van der Waals surface area (Å²) >= 11 is 0. The van der Waals surface area contributed by atoms with Crippen molar-refractivity contribution < 1.29 is 13.9 Å². The molecule has 1 atom stereocenters. The molecule has 16 heavy (non-hydrogen) atoms. The molecular formula is C13H13FO2. The van der Waals surface area contributed by atoms with E-state index in [0.717, 1.165) is 5.56 Å². The number of benzene rings is 1. The van der Waals surface area contributed by atoms with E-state index in [4.69, 9.17) is 4.42 Å². The Hall–Kier alpha value is -1.61. The van der Waals surface area contributed by atoms with Crippen LogP contribution in [0.15, 0.2) is 35.3 Å². The van der Waals surface area contributed by atoms with Crippen LogP contribution in [0, 0.1) is 12.7 Å². The van der Waals surface area contributed by atoms with E-state index in [1.54, 1.807) is 12.1 Å². The number of aliphatic hydroxyl groups is 1. The summed E-state index contributed by atoms with van der Waals surface area (Å²) in [6.07, 6.45) is 1.33. The smallest absolute Gasteiger partial charge is 0.137 e. The van der Waals surface area contributed by atoms with Crippen molar-refractivity contribution in [2.24, 2.45) is 0 Å². The standard InChI is InChI=1S/C13H13FO2/c1-3-4-11(15)13-8(2)10-7-9(14)5-6-12(10)16-13/h3,5-7,11,15H,1,4H2,2H3. The Morgan fingerprint density at radius 3 is 3.00 bits per heavy atom. The molecule has 0 aliphatic rings. The van der Waals surface area contributed by atoms with Gasteiger partial charge in [0.2, 0.25) is 0 Å². The second-order valence-electron chi connectivity index (χ2n) is 3.77. The number of hydrogen-bond acceptors (Lipinski definition) is 2. The van der Waals surface area contributed by atoms with Gasteiger partial charge in [0, 0.05) is 10.9 Å². The highest BCUT2D eigenvalue weighted by atomic mass is 19.1. The van der Waals surface area contributed by atoms with Crippen LogP contribution in [0.25, 0.3) is 11.0 Å². The Kier molecular flexibility index (Phi) is 2.79. The van der Waals surface area contributed by atoms with Crippen LogP contribution < -0.4 is 0 Å². The minimum absolute atomic E-state index is 0.304. The van der Waals surface area contributed by atoms with Crippen LogP contribution >= 0.6 is 0 Å². The lowest BCUT2D eigenvalue weighted by molar-refractivity contribution is 0.154. The third-order valence-corrected chi connectivity index (χ3v) is 2.63. The lowest BCUT2D eigenvalue weighted by atomic mass is 10.1. The van der Waals surface area contributed by atoms with Crippen LogP contribution in [0.1, 0.15) is 23.8 Å². The highest BCUT2D eigenvalue weighted by molar-refractivity contribution is 5.82. The number of rotatable bonds is 3. The first kappa shape index (κ1) is 10.9. The van der Waals surface area contributed by atoms with Gasteiger partial charge in [-0.3, -0.25) is 0 Å². The van der Waals surface area contributed by atoms with E-state index in [9.17, 15) is 9.50 Å². The second kappa shape index (κ2) is 4.10. The van der Waals surface area contributed by atoms with E-state index in [1.165, 1.54) is 12.1 Å². The van der Waals surface area contributed by atoms with Gasteiger partial charge in [0.05, 0.1) is 0 Å². The van der Waals surface area contributed by atoms with Gasteiger partial charge >= 0.3 is 0 Å². The molecule has 3 heteroatoms. The van der Waals surface area contributed by atoms with Gasteiger partial charge in [-0.2, -0.15) is 0 Å². The monoisotopic (exact) mass is 220 g/mol. The zero-order chi connectivity index (χ0) is 11.7. The van der Waals surface area contributed by atoms with Crippen LogP contribution in [0.5, 0.6) is 0 Å². The highest BCUT2D eigenvalue weighted by Crippen LogP contribution is 2.31. The summed E-state index contributed by atoms with van der Waals surface area (Å²) in [6.45, 7) is 5.37. The Bertz CT molecular complexity index is 528. The lowest BCUT2D eigenvalue weighted by Crippen LogP contribution is -1.95. The minimum atomic E-state index is -0.715. The van der Waals surface area contributed by atoms with Crippen molar-refractivity contribution in [2.75, 3.05) is 0 Å². The van der Waals surface area contributed by atoms with E-state index >= 15 is 0 Å². The number of furan rings is 1. The fourth-order valence-electron chi connectivity index (χ4n) is 1.79. The predicted octanol–water partition coefficient (Wildman–Crippen LogP) is 3.49. The van der Waals surface area contributed by atoms with E-state index < -0.39 is 6.10 Å². The van der Waals surface area contributed by atoms with Gasteiger partial charge in [-0.25, -0.2) is 4.39 Å². The maximum absolute atomic E-state index is 13.1. The molecule has 1 aromatic carbocycles. The fourth-order valence-corrected chi connectivity index (χ4v) is 1.79. The summed E-state index contributed by atoms with van der Waals surface area (Å²) < 4.78 is 18.6. The summed E-state index contributed by atoms with van der Waals surface area (Å²) in [4.78, 5) is 0. The molecule has 0 radical (unpaired) electrons. The van der Waals surface area contributed by atoms with Gasteiger partial charge in [0.25, 0.3) is 0 Å². The minimum Gasteiger partial charge on any atom is -0.458 e. The molecule has 1 heterocycles. The molecular weight excluding hydrogens is 207 g/mol. The Morgan fingerprint density at radius 1 is 1.56 bits per heavy atom. The van der Waals surface area contributed by atoms with Crippen LogP contribution in [-0.4, -0.2) is 5.11 Å². The molecule has 1 unspecified atom stereocenters. The molecule has 0 amide bonds. The van der Waals surface area contributed by atoms with E-state index in [2.05, 4.69) is 6.58 Å². The van der Waals surface area contributed by atoms with Gasteiger partial charge in [0.1, 0.15) is 23.3 Å². The third kappa shape index (κ3) is 1.74. The van der Waals surface area contributed by atoms with Crippen molar-refractivity contribution in [3.63, 3.8) is 0 Å². The molecule has 1 aromatic heterocycles. The van der Waals surface area contributed by atoms with Gasteiger partial charge in [-0.1, -0.05) is 6.08 Å². The normalized spacial score (nSPS) is 12.9. The Balaban J connectivity index is 2.55. The molecule has 84 valence electrons. The van der Waals surface area contributed by atoms with Crippen molar-refractivity contribution >= 4 is 11.0 Å². The van der Waals surface area contributed by atoms with Gasteiger partial charge in [-0.15, -0.1) is 6.58 Å². The van der Waals surface area contributed by atoms with Gasteiger partial charge < -0.3 is 9.52 Å². The topological polar surface area (TPSA) is 33.4 Å². The van der Waals surface area contributed by atoms with Crippen LogP contribution in [0.4, 0.5) is 4.39 Å². The first-order valence-electron chi connectivity index (χ1n) is 5.11. The molecule has 0 spiro atoms. The highest BCUT2D eigenvalue weighted by Gasteiger charge is 2.17. The summed E-state index contributed by atoms with van der Waals surface area (Å²) in [5.74, 6) is 0.182. The van der Waals surface area contributed by atoms with Gasteiger partial charge in [-0.05, 0) is 31.5 Å². The maximum Gasteiger partial charge on any atom is 0.137 e. The third-order valence-electron chi connectivity index (χ3n) is 2.63. The Morgan fingerprint density at radius 2 is 2.31 bits per heavy atom. The molecule has 0 fully saturated rings. The van der Waals surface area contributed by atoms with E-state index in [0.29, 0.717) is 23.2 Å². The van der Waals surface area contributed by atoms with Crippen LogP contribution in [-0.2, 0) is 0 Å². The van der Waals surface area contributed by atoms with E-state index in [1.807, 2.05) is 6.92 Å². The number of hydrogen-bond donors (Lipinski definition) is 1. The Labute approximate surface area is 93.0 Å². The zero-order valence-electron chi connectivity index (χ0n) is 9.03. The molecule has 0 aliphatic heterocycles. The first-order chi connectivity index (χ1) is 7.63.